The maximum atomic E-state index is 5.31. The molecule has 6 heteroatoms. The second-order valence-corrected chi connectivity index (χ2v) is 6.37. The summed E-state index contributed by atoms with van der Waals surface area (Å²) in [7, 11) is 1.66. The lowest BCUT2D eigenvalue weighted by Crippen LogP contribution is -2.01. The molecule has 1 aliphatic heterocycles. The van der Waals surface area contributed by atoms with Gasteiger partial charge in [-0.15, -0.1) is 0 Å². The smallest absolute Gasteiger partial charge is 0.180 e. The molecule has 3 heterocycles. The highest BCUT2D eigenvalue weighted by molar-refractivity contribution is 5.86. The average Bonchev–Trinajstić information content (AvgIpc) is 3.36. The fraction of sp³-hybridized carbons (Fsp3) is 0.0952. The fourth-order valence-corrected chi connectivity index (χ4v) is 3.26. The Morgan fingerprint density at radius 2 is 2.11 bits per heavy atom. The molecule has 0 radical (unpaired) electrons. The normalized spacial score (nSPS) is 12.3. The summed E-state index contributed by atoms with van der Waals surface area (Å²) in [6, 6.07) is 14.1. The van der Waals surface area contributed by atoms with Gasteiger partial charge in [0, 0.05) is 42.1 Å². The minimum Gasteiger partial charge on any atom is -0.497 e. The lowest BCUT2D eigenvalue weighted by atomic mass is 10.0. The minimum atomic E-state index is 0.697. The van der Waals surface area contributed by atoms with E-state index in [0.717, 1.165) is 34.9 Å². The Morgan fingerprint density at radius 3 is 3.04 bits per heavy atom. The summed E-state index contributed by atoms with van der Waals surface area (Å²) in [6.07, 6.45) is 7.61. The Bertz CT molecular complexity index is 1180. The summed E-state index contributed by atoms with van der Waals surface area (Å²) in [5.41, 5.74) is 6.00. The lowest BCUT2D eigenvalue weighted by molar-refractivity contribution is 0.415. The molecule has 0 aliphatic carbocycles. The number of anilines is 2. The van der Waals surface area contributed by atoms with Crippen molar-refractivity contribution < 1.29 is 4.74 Å². The van der Waals surface area contributed by atoms with Crippen LogP contribution in [0.5, 0.6) is 5.75 Å². The van der Waals surface area contributed by atoms with E-state index in [9.17, 15) is 0 Å². The number of methoxy groups -OCH3 is 1. The second kappa shape index (κ2) is 6.25. The number of nitrogens with one attached hydrogen (secondary N) is 1. The van der Waals surface area contributed by atoms with Gasteiger partial charge in [-0.2, -0.15) is 0 Å². The summed E-state index contributed by atoms with van der Waals surface area (Å²) < 4.78 is 7.29. The van der Waals surface area contributed by atoms with Gasteiger partial charge in [0.05, 0.1) is 19.3 Å². The first-order valence-electron chi connectivity index (χ1n) is 8.68. The highest BCUT2D eigenvalue weighted by atomic mass is 16.5. The fourth-order valence-electron chi connectivity index (χ4n) is 3.26. The molecule has 1 N–H and O–H groups in total. The Morgan fingerprint density at radius 1 is 1.15 bits per heavy atom. The number of hydrogen-bond acceptors (Lipinski definition) is 5. The van der Waals surface area contributed by atoms with Crippen LogP contribution in [-0.4, -0.2) is 27.7 Å². The third kappa shape index (κ3) is 2.81. The maximum absolute atomic E-state index is 5.31. The van der Waals surface area contributed by atoms with E-state index in [2.05, 4.69) is 33.5 Å². The molecule has 1 aliphatic rings. The van der Waals surface area contributed by atoms with Gasteiger partial charge in [-0.25, -0.2) is 9.97 Å². The number of imidazole rings is 1. The molecule has 27 heavy (non-hydrogen) atoms. The molecule has 6 nitrogen and oxygen atoms in total. The highest BCUT2D eigenvalue weighted by Gasteiger charge is 2.12. The van der Waals surface area contributed by atoms with Crippen molar-refractivity contribution in [2.24, 2.45) is 4.99 Å². The monoisotopic (exact) mass is 355 g/mol. The number of hydrogen-bond donors (Lipinski definition) is 1. The molecule has 132 valence electrons. The molecule has 5 rings (SSSR count). The number of rotatable bonds is 4. The molecule has 2 aromatic carbocycles. The van der Waals surface area contributed by atoms with Gasteiger partial charge >= 0.3 is 0 Å². The van der Waals surface area contributed by atoms with Crippen LogP contribution < -0.4 is 10.1 Å². The maximum Gasteiger partial charge on any atom is 0.180 e. The quantitative estimate of drug-likeness (QED) is 0.599. The van der Waals surface area contributed by atoms with E-state index in [4.69, 9.17) is 9.72 Å². The summed E-state index contributed by atoms with van der Waals surface area (Å²) in [5, 5.41) is 3.37. The van der Waals surface area contributed by atoms with Gasteiger partial charge in [0.15, 0.2) is 11.5 Å². The number of ether oxygens (including phenoxy) is 1. The first-order chi connectivity index (χ1) is 13.3. The topological polar surface area (TPSA) is 63.8 Å². The summed E-state index contributed by atoms with van der Waals surface area (Å²) in [5.74, 6) is 1.48. The number of fused-ring (bicyclic) bond motifs is 2. The van der Waals surface area contributed by atoms with Crippen LogP contribution in [0.4, 0.5) is 11.5 Å². The third-order valence-electron chi connectivity index (χ3n) is 4.64. The van der Waals surface area contributed by atoms with Crippen LogP contribution in [-0.2, 0) is 6.54 Å². The van der Waals surface area contributed by atoms with Gasteiger partial charge < -0.3 is 14.5 Å². The number of nitrogens with zero attached hydrogens (tertiary/aromatic N) is 4. The molecular formula is C21H17N5O. The van der Waals surface area contributed by atoms with Gasteiger partial charge in [0.1, 0.15) is 5.75 Å². The molecule has 0 saturated heterocycles. The molecular weight excluding hydrogens is 338 g/mol. The first-order valence-corrected chi connectivity index (χ1v) is 8.68. The van der Waals surface area contributed by atoms with Crippen LogP contribution in [0, 0.1) is 0 Å². The summed E-state index contributed by atoms with van der Waals surface area (Å²) in [6.45, 7) is 0.728. The molecule has 0 saturated carbocycles. The van der Waals surface area contributed by atoms with Crippen LogP contribution in [0.15, 0.2) is 66.0 Å². The van der Waals surface area contributed by atoms with Gasteiger partial charge in [-0.3, -0.25) is 4.99 Å². The SMILES string of the molecule is COc1cccc(Nc2nc(-c3ccc4c(c3)CN=C4)cn3ccnc23)c1. The van der Waals surface area contributed by atoms with Crippen molar-refractivity contribution in [1.82, 2.24) is 14.4 Å². The van der Waals surface area contributed by atoms with Crippen molar-refractivity contribution >= 4 is 23.4 Å². The van der Waals surface area contributed by atoms with Gasteiger partial charge in [0.25, 0.3) is 0 Å². The second-order valence-electron chi connectivity index (χ2n) is 6.37. The van der Waals surface area contributed by atoms with Crippen molar-refractivity contribution in [3.05, 3.63) is 72.2 Å². The standard InChI is InChI=1S/C21H17N5O/c1-27-18-4-2-3-17(10-18)24-20-21-23-7-8-26(21)13-19(25-20)14-5-6-15-11-22-12-16(15)9-14/h2-11,13H,12H2,1H3,(H,24,25). The van der Waals surface area contributed by atoms with Gasteiger partial charge in [0.2, 0.25) is 0 Å². The molecule has 0 atom stereocenters. The van der Waals surface area contributed by atoms with E-state index >= 15 is 0 Å². The zero-order chi connectivity index (χ0) is 18.2. The van der Waals surface area contributed by atoms with E-state index in [0.29, 0.717) is 5.82 Å². The molecule has 0 spiro atoms. The van der Waals surface area contributed by atoms with E-state index in [1.54, 1.807) is 13.3 Å². The summed E-state index contributed by atoms with van der Waals surface area (Å²) in [4.78, 5) is 13.6. The van der Waals surface area contributed by atoms with E-state index in [-0.39, 0.29) is 0 Å². The highest BCUT2D eigenvalue weighted by Crippen LogP contribution is 2.28. The third-order valence-corrected chi connectivity index (χ3v) is 4.64. The molecule has 0 amide bonds. The Labute approximate surface area is 156 Å². The molecule has 0 fully saturated rings. The number of aromatic nitrogens is 3. The van der Waals surface area contributed by atoms with Crippen molar-refractivity contribution in [2.75, 3.05) is 12.4 Å². The zero-order valence-electron chi connectivity index (χ0n) is 14.8. The molecule has 0 unspecified atom stereocenters. The minimum absolute atomic E-state index is 0.697. The molecule has 4 aromatic rings. The van der Waals surface area contributed by atoms with Crippen molar-refractivity contribution in [3.63, 3.8) is 0 Å². The Hall–Kier alpha value is -3.67. The largest absolute Gasteiger partial charge is 0.497 e. The first kappa shape index (κ1) is 15.6. The van der Waals surface area contributed by atoms with Crippen LogP contribution in [0.1, 0.15) is 11.1 Å². The number of aliphatic imine (C=N–C) groups is 1. The average molecular weight is 355 g/mol. The van der Waals surface area contributed by atoms with Crippen molar-refractivity contribution in [3.8, 4) is 17.0 Å². The predicted octanol–water partition coefficient (Wildman–Crippen LogP) is 4.08. The Balaban J connectivity index is 1.59. The summed E-state index contributed by atoms with van der Waals surface area (Å²) >= 11 is 0. The molecule has 2 aromatic heterocycles. The van der Waals surface area contributed by atoms with Crippen molar-refractivity contribution in [2.45, 2.75) is 6.54 Å². The van der Waals surface area contributed by atoms with E-state index in [1.165, 1.54) is 11.1 Å². The predicted molar refractivity (Wildman–Crippen MR) is 106 cm³/mol. The molecule has 0 bridgehead atoms. The van der Waals surface area contributed by atoms with Crippen LogP contribution in [0.3, 0.4) is 0 Å². The Kier molecular flexibility index (Phi) is 3.60. The zero-order valence-corrected chi connectivity index (χ0v) is 14.8. The van der Waals surface area contributed by atoms with E-state index in [1.807, 2.05) is 47.3 Å². The number of benzene rings is 2. The lowest BCUT2D eigenvalue weighted by Gasteiger charge is -2.11. The van der Waals surface area contributed by atoms with Crippen LogP contribution in [0.25, 0.3) is 16.9 Å². The van der Waals surface area contributed by atoms with Crippen LogP contribution >= 0.6 is 0 Å². The van der Waals surface area contributed by atoms with Crippen LogP contribution in [0.2, 0.25) is 0 Å². The van der Waals surface area contributed by atoms with E-state index < -0.39 is 0 Å². The van der Waals surface area contributed by atoms with Gasteiger partial charge in [-0.05, 0) is 29.3 Å². The van der Waals surface area contributed by atoms with Gasteiger partial charge in [-0.1, -0.05) is 18.2 Å². The van der Waals surface area contributed by atoms with Crippen molar-refractivity contribution in [1.29, 1.82) is 0 Å².